The fourth-order valence-electron chi connectivity index (χ4n) is 4.39. The quantitative estimate of drug-likeness (QED) is 0.454. The van der Waals surface area contributed by atoms with Gasteiger partial charge in [-0.15, -0.1) is 0 Å². The van der Waals surface area contributed by atoms with Gasteiger partial charge in [-0.2, -0.15) is 4.98 Å². The van der Waals surface area contributed by atoms with Crippen molar-refractivity contribution in [2.45, 2.75) is 47.0 Å². The Hall–Kier alpha value is -3.01. The Morgan fingerprint density at radius 1 is 1.03 bits per heavy atom. The second kappa shape index (κ2) is 8.02. The summed E-state index contributed by atoms with van der Waals surface area (Å²) in [6.45, 7) is 9.22. The van der Waals surface area contributed by atoms with Crippen molar-refractivity contribution >= 4 is 6.08 Å². The zero-order valence-electron chi connectivity index (χ0n) is 18.0. The molecule has 0 saturated heterocycles. The first-order valence-electron chi connectivity index (χ1n) is 10.5. The van der Waals surface area contributed by atoms with E-state index in [1.54, 1.807) is 17.7 Å². The summed E-state index contributed by atoms with van der Waals surface area (Å²) in [7, 11) is 0. The van der Waals surface area contributed by atoms with Crippen LogP contribution < -0.4 is 0 Å². The van der Waals surface area contributed by atoms with E-state index in [2.05, 4.69) is 56.0 Å². The van der Waals surface area contributed by atoms with Gasteiger partial charge in [0.25, 0.3) is 5.89 Å². The molecule has 0 bridgehead atoms. The SMILES string of the molecule is CCC1=C(C)/C(=C/c2ccc(-c3nc(-c4ccc(F)cc4)no3)cc2)CCC1(C)C. The molecule has 4 heteroatoms. The van der Waals surface area contributed by atoms with Crippen LogP contribution in [0, 0.1) is 11.2 Å². The number of hydrogen-bond acceptors (Lipinski definition) is 3. The van der Waals surface area contributed by atoms with Gasteiger partial charge in [0.1, 0.15) is 5.82 Å². The molecule has 0 aliphatic heterocycles. The molecule has 1 heterocycles. The van der Waals surface area contributed by atoms with E-state index >= 15 is 0 Å². The van der Waals surface area contributed by atoms with Crippen molar-refractivity contribution in [3.05, 3.63) is 76.6 Å². The molecule has 1 aliphatic carbocycles. The summed E-state index contributed by atoms with van der Waals surface area (Å²) in [5.74, 6) is 0.621. The average molecular weight is 403 g/mol. The molecular weight excluding hydrogens is 375 g/mol. The monoisotopic (exact) mass is 402 g/mol. The Morgan fingerprint density at radius 2 is 1.70 bits per heavy atom. The van der Waals surface area contributed by atoms with Crippen LogP contribution in [0.5, 0.6) is 0 Å². The highest BCUT2D eigenvalue weighted by Gasteiger charge is 2.29. The molecule has 1 aliphatic rings. The first kappa shape index (κ1) is 20.3. The van der Waals surface area contributed by atoms with E-state index in [4.69, 9.17) is 4.52 Å². The van der Waals surface area contributed by atoms with Gasteiger partial charge < -0.3 is 4.52 Å². The lowest BCUT2D eigenvalue weighted by Crippen LogP contribution is -2.21. The van der Waals surface area contributed by atoms with Gasteiger partial charge in [-0.1, -0.05) is 49.7 Å². The molecule has 4 rings (SSSR count). The molecule has 3 aromatic rings. The van der Waals surface area contributed by atoms with E-state index in [0.717, 1.165) is 24.0 Å². The van der Waals surface area contributed by atoms with E-state index < -0.39 is 0 Å². The molecule has 0 N–H and O–H groups in total. The third kappa shape index (κ3) is 4.00. The van der Waals surface area contributed by atoms with Crippen LogP contribution in [-0.2, 0) is 0 Å². The van der Waals surface area contributed by atoms with Crippen LogP contribution in [-0.4, -0.2) is 10.1 Å². The van der Waals surface area contributed by atoms with E-state index in [9.17, 15) is 4.39 Å². The first-order chi connectivity index (χ1) is 14.4. The molecule has 2 aromatic carbocycles. The molecule has 0 fully saturated rings. The zero-order valence-corrected chi connectivity index (χ0v) is 18.0. The van der Waals surface area contributed by atoms with Crippen molar-refractivity contribution in [2.75, 3.05) is 0 Å². The molecule has 0 unspecified atom stereocenters. The van der Waals surface area contributed by atoms with Crippen molar-refractivity contribution < 1.29 is 8.91 Å². The lowest BCUT2D eigenvalue weighted by Gasteiger charge is -2.35. The number of hydrogen-bond donors (Lipinski definition) is 0. The van der Waals surface area contributed by atoms with Gasteiger partial charge in [-0.3, -0.25) is 0 Å². The van der Waals surface area contributed by atoms with Gasteiger partial charge in [-0.25, -0.2) is 4.39 Å². The van der Waals surface area contributed by atoms with Gasteiger partial charge in [0.15, 0.2) is 0 Å². The number of benzene rings is 2. The van der Waals surface area contributed by atoms with Crippen LogP contribution in [0.1, 0.15) is 52.5 Å². The van der Waals surface area contributed by atoms with Crippen LogP contribution in [0.4, 0.5) is 4.39 Å². The van der Waals surface area contributed by atoms with Gasteiger partial charge in [0, 0.05) is 11.1 Å². The Morgan fingerprint density at radius 3 is 2.37 bits per heavy atom. The summed E-state index contributed by atoms with van der Waals surface area (Å²) in [5, 5.41) is 4.02. The summed E-state index contributed by atoms with van der Waals surface area (Å²) < 4.78 is 18.5. The van der Waals surface area contributed by atoms with E-state index in [-0.39, 0.29) is 5.82 Å². The molecule has 154 valence electrons. The van der Waals surface area contributed by atoms with Crippen LogP contribution in [0.2, 0.25) is 0 Å². The fourth-order valence-corrected chi connectivity index (χ4v) is 4.39. The average Bonchev–Trinajstić information content (AvgIpc) is 3.22. The van der Waals surface area contributed by atoms with E-state index in [1.165, 1.54) is 35.3 Å². The Bertz CT molecular complexity index is 1100. The maximum absolute atomic E-state index is 13.1. The number of halogens is 1. The van der Waals surface area contributed by atoms with Crippen LogP contribution in [0.15, 0.2) is 69.8 Å². The minimum atomic E-state index is -0.287. The first-order valence-corrected chi connectivity index (χ1v) is 10.5. The van der Waals surface area contributed by atoms with Gasteiger partial charge in [-0.05, 0) is 84.7 Å². The predicted octanol–water partition coefficient (Wildman–Crippen LogP) is 7.47. The van der Waals surface area contributed by atoms with Crippen LogP contribution in [0.25, 0.3) is 28.9 Å². The second-order valence-corrected chi connectivity index (χ2v) is 8.56. The van der Waals surface area contributed by atoms with Crippen LogP contribution >= 0.6 is 0 Å². The summed E-state index contributed by atoms with van der Waals surface area (Å²) in [4.78, 5) is 4.45. The topological polar surface area (TPSA) is 38.9 Å². The Balaban J connectivity index is 1.57. The summed E-state index contributed by atoms with van der Waals surface area (Å²) in [6.07, 6.45) is 5.69. The minimum absolute atomic E-state index is 0.287. The molecule has 1 aromatic heterocycles. The van der Waals surface area contributed by atoms with E-state index in [1.807, 2.05) is 12.1 Å². The lowest BCUT2D eigenvalue weighted by molar-refractivity contribution is 0.381. The smallest absolute Gasteiger partial charge is 0.258 e. The maximum atomic E-state index is 13.1. The molecule has 30 heavy (non-hydrogen) atoms. The van der Waals surface area contributed by atoms with Crippen molar-refractivity contribution in [3.63, 3.8) is 0 Å². The molecule has 0 saturated carbocycles. The Labute approximate surface area is 177 Å². The summed E-state index contributed by atoms with van der Waals surface area (Å²) >= 11 is 0. The number of allylic oxidation sites excluding steroid dienone is 3. The third-order valence-electron chi connectivity index (χ3n) is 6.15. The highest BCUT2D eigenvalue weighted by Crippen LogP contribution is 2.44. The second-order valence-electron chi connectivity index (χ2n) is 8.56. The molecule has 0 radical (unpaired) electrons. The lowest BCUT2D eigenvalue weighted by atomic mass is 9.70. The normalized spacial score (nSPS) is 17.6. The molecular formula is C26H27FN2O. The highest BCUT2D eigenvalue weighted by atomic mass is 19.1. The largest absolute Gasteiger partial charge is 0.334 e. The zero-order chi connectivity index (χ0) is 21.3. The summed E-state index contributed by atoms with van der Waals surface area (Å²) in [5.41, 5.74) is 7.48. The van der Waals surface area contributed by atoms with Crippen molar-refractivity contribution in [3.8, 4) is 22.8 Å². The Kier molecular flexibility index (Phi) is 5.42. The summed E-state index contributed by atoms with van der Waals surface area (Å²) in [6, 6.07) is 14.2. The van der Waals surface area contributed by atoms with Crippen molar-refractivity contribution in [1.29, 1.82) is 0 Å². The number of nitrogens with zero attached hydrogens (tertiary/aromatic N) is 2. The molecule has 0 amide bonds. The van der Waals surface area contributed by atoms with Crippen molar-refractivity contribution in [1.82, 2.24) is 10.1 Å². The molecule has 0 atom stereocenters. The third-order valence-corrected chi connectivity index (χ3v) is 6.15. The van der Waals surface area contributed by atoms with Crippen molar-refractivity contribution in [2.24, 2.45) is 5.41 Å². The number of aromatic nitrogens is 2. The minimum Gasteiger partial charge on any atom is -0.334 e. The standard InChI is InChI=1S/C26H27FN2O/c1-5-23-17(2)21(14-15-26(23,3)4)16-18-6-8-20(9-7-18)25-28-24(29-30-25)19-10-12-22(27)13-11-19/h6-13,16H,5,14-15H2,1-4H3/b21-16+. The maximum Gasteiger partial charge on any atom is 0.258 e. The van der Waals surface area contributed by atoms with Gasteiger partial charge >= 0.3 is 0 Å². The van der Waals surface area contributed by atoms with E-state index in [0.29, 0.717) is 17.1 Å². The molecule has 0 spiro atoms. The number of rotatable bonds is 4. The van der Waals surface area contributed by atoms with Gasteiger partial charge in [0.2, 0.25) is 5.82 Å². The highest BCUT2D eigenvalue weighted by molar-refractivity contribution is 5.65. The van der Waals surface area contributed by atoms with Crippen LogP contribution in [0.3, 0.4) is 0 Å². The fraction of sp³-hybridized carbons (Fsp3) is 0.308. The van der Waals surface area contributed by atoms with Gasteiger partial charge in [0.05, 0.1) is 0 Å². The predicted molar refractivity (Wildman–Crippen MR) is 119 cm³/mol. The molecule has 3 nitrogen and oxygen atoms in total.